The summed E-state index contributed by atoms with van der Waals surface area (Å²) in [5, 5.41) is 5.79. The van der Waals surface area contributed by atoms with Crippen LogP contribution in [0.15, 0.2) is 24.3 Å². The molecule has 0 aromatic heterocycles. The third-order valence-corrected chi connectivity index (χ3v) is 3.68. The minimum absolute atomic E-state index is 0.0578. The largest absolute Gasteiger partial charge is 0.357 e. The van der Waals surface area contributed by atoms with Gasteiger partial charge < -0.3 is 15.5 Å². The maximum absolute atomic E-state index is 12.7. The summed E-state index contributed by atoms with van der Waals surface area (Å²) in [5.41, 5.74) is 1.72. The molecule has 2 N–H and O–H groups in total. The molecule has 0 aliphatic carbocycles. The predicted molar refractivity (Wildman–Crippen MR) is 77.6 cm³/mol. The molecule has 0 bridgehead atoms. The maximum Gasteiger partial charge on any atom is 0.254 e. The first-order chi connectivity index (χ1) is 9.69. The number of aryl methyl sites for hydroxylation is 1. The Labute approximate surface area is 119 Å². The third kappa shape index (κ3) is 2.82. The van der Waals surface area contributed by atoms with Gasteiger partial charge in [-0.1, -0.05) is 25.1 Å². The van der Waals surface area contributed by atoms with Gasteiger partial charge in [-0.3, -0.25) is 9.59 Å². The number of likely N-dealkylation sites (N-methyl/N-ethyl adjacent to an activating group) is 1. The van der Waals surface area contributed by atoms with Gasteiger partial charge in [0.2, 0.25) is 5.91 Å². The highest BCUT2D eigenvalue weighted by Crippen LogP contribution is 2.15. The molecule has 1 heterocycles. The van der Waals surface area contributed by atoms with Gasteiger partial charge in [-0.2, -0.15) is 0 Å². The summed E-state index contributed by atoms with van der Waals surface area (Å²) in [7, 11) is 1.60. The average Bonchev–Trinajstić information content (AvgIpc) is 2.53. The lowest BCUT2D eigenvalue weighted by molar-refractivity contribution is -0.125. The van der Waals surface area contributed by atoms with Crippen molar-refractivity contribution < 1.29 is 9.59 Å². The molecule has 1 atom stereocenters. The fourth-order valence-electron chi connectivity index (χ4n) is 2.54. The normalized spacial score (nSPS) is 18.7. The summed E-state index contributed by atoms with van der Waals surface area (Å²) in [6, 6.07) is 7.16. The summed E-state index contributed by atoms with van der Waals surface area (Å²) >= 11 is 0. The van der Waals surface area contributed by atoms with Gasteiger partial charge in [0.15, 0.2) is 0 Å². The van der Waals surface area contributed by atoms with Crippen molar-refractivity contribution in [3.63, 3.8) is 0 Å². The van der Waals surface area contributed by atoms with Crippen molar-refractivity contribution in [3.8, 4) is 0 Å². The molecule has 1 aliphatic heterocycles. The molecule has 5 nitrogen and oxygen atoms in total. The zero-order chi connectivity index (χ0) is 14.5. The van der Waals surface area contributed by atoms with Crippen LogP contribution in [-0.4, -0.2) is 49.4 Å². The number of benzene rings is 1. The van der Waals surface area contributed by atoms with Crippen LogP contribution in [0.2, 0.25) is 0 Å². The van der Waals surface area contributed by atoms with E-state index in [9.17, 15) is 9.59 Å². The summed E-state index contributed by atoms with van der Waals surface area (Å²) in [4.78, 5) is 26.3. The number of carbonyl (C=O) groups is 2. The number of nitrogens with one attached hydrogen (secondary N) is 2. The average molecular weight is 275 g/mol. The first kappa shape index (κ1) is 14.5. The van der Waals surface area contributed by atoms with Crippen molar-refractivity contribution in [2.75, 3.05) is 26.7 Å². The molecular formula is C15H21N3O2. The van der Waals surface area contributed by atoms with E-state index < -0.39 is 6.04 Å². The van der Waals surface area contributed by atoms with Crippen LogP contribution in [0, 0.1) is 0 Å². The third-order valence-electron chi connectivity index (χ3n) is 3.68. The van der Waals surface area contributed by atoms with E-state index >= 15 is 0 Å². The van der Waals surface area contributed by atoms with E-state index in [0.717, 1.165) is 12.0 Å². The van der Waals surface area contributed by atoms with Crippen LogP contribution in [0.4, 0.5) is 0 Å². The highest BCUT2D eigenvalue weighted by atomic mass is 16.2. The Hall–Kier alpha value is -1.88. The van der Waals surface area contributed by atoms with Crippen LogP contribution >= 0.6 is 0 Å². The van der Waals surface area contributed by atoms with E-state index in [0.29, 0.717) is 25.2 Å². The molecule has 1 saturated heterocycles. The molecule has 0 spiro atoms. The van der Waals surface area contributed by atoms with Crippen molar-refractivity contribution in [3.05, 3.63) is 35.4 Å². The number of hydrogen-bond acceptors (Lipinski definition) is 3. The molecule has 5 heteroatoms. The van der Waals surface area contributed by atoms with E-state index in [1.54, 1.807) is 11.9 Å². The monoisotopic (exact) mass is 275 g/mol. The summed E-state index contributed by atoms with van der Waals surface area (Å²) in [6.07, 6.45) is 0.804. The second kappa shape index (κ2) is 6.52. The number of rotatable bonds is 3. The fraction of sp³-hybridized carbons (Fsp3) is 0.467. The Balaban J connectivity index is 2.27. The number of carbonyl (C=O) groups excluding carboxylic acids is 2. The molecule has 2 rings (SSSR count). The van der Waals surface area contributed by atoms with Crippen molar-refractivity contribution in [1.29, 1.82) is 0 Å². The Bertz CT molecular complexity index is 502. The van der Waals surface area contributed by atoms with Crippen molar-refractivity contribution in [1.82, 2.24) is 15.5 Å². The lowest BCUT2D eigenvalue weighted by Gasteiger charge is -2.35. The van der Waals surface area contributed by atoms with Crippen molar-refractivity contribution in [2.24, 2.45) is 0 Å². The van der Waals surface area contributed by atoms with E-state index in [1.165, 1.54) is 0 Å². The van der Waals surface area contributed by atoms with Gasteiger partial charge in [0.1, 0.15) is 6.04 Å². The van der Waals surface area contributed by atoms with Crippen LogP contribution in [0.1, 0.15) is 22.8 Å². The Morgan fingerprint density at radius 3 is 2.85 bits per heavy atom. The Kier molecular flexibility index (Phi) is 4.74. The zero-order valence-electron chi connectivity index (χ0n) is 12.0. The number of hydrogen-bond donors (Lipinski definition) is 2. The first-order valence-electron chi connectivity index (χ1n) is 7.00. The van der Waals surface area contributed by atoms with Crippen LogP contribution in [-0.2, 0) is 11.2 Å². The van der Waals surface area contributed by atoms with Gasteiger partial charge in [-0.05, 0) is 18.1 Å². The van der Waals surface area contributed by atoms with Crippen LogP contribution in [0.5, 0.6) is 0 Å². The standard InChI is InChI=1S/C15H21N3O2/c1-3-11-6-4-5-7-12(11)15(20)18-9-8-17-10-13(18)14(19)16-2/h4-7,13,17H,3,8-10H2,1-2H3,(H,16,19). The van der Waals surface area contributed by atoms with Gasteiger partial charge in [-0.25, -0.2) is 0 Å². The molecule has 20 heavy (non-hydrogen) atoms. The minimum atomic E-state index is -0.439. The highest BCUT2D eigenvalue weighted by molar-refractivity contribution is 5.98. The molecule has 1 aromatic carbocycles. The molecule has 1 aromatic rings. The van der Waals surface area contributed by atoms with E-state index in [1.807, 2.05) is 31.2 Å². The lowest BCUT2D eigenvalue weighted by atomic mass is 10.0. The van der Waals surface area contributed by atoms with Crippen LogP contribution < -0.4 is 10.6 Å². The summed E-state index contributed by atoms with van der Waals surface area (Å²) < 4.78 is 0. The second-order valence-electron chi connectivity index (χ2n) is 4.84. The van der Waals surface area contributed by atoms with Gasteiger partial charge in [0, 0.05) is 32.2 Å². The SMILES string of the molecule is CCc1ccccc1C(=O)N1CCNCC1C(=O)NC. The van der Waals surface area contributed by atoms with Crippen LogP contribution in [0.3, 0.4) is 0 Å². The molecule has 0 radical (unpaired) electrons. The molecule has 1 unspecified atom stereocenters. The predicted octanol–water partition coefficient (Wildman–Crippen LogP) is 0.409. The summed E-state index contributed by atoms with van der Waals surface area (Å²) in [5.74, 6) is -0.183. The quantitative estimate of drug-likeness (QED) is 0.840. The number of piperazine rings is 1. The van der Waals surface area contributed by atoms with Crippen molar-refractivity contribution >= 4 is 11.8 Å². The molecule has 2 amide bonds. The molecular weight excluding hydrogens is 254 g/mol. The van der Waals surface area contributed by atoms with E-state index in [2.05, 4.69) is 10.6 Å². The zero-order valence-corrected chi connectivity index (χ0v) is 12.0. The van der Waals surface area contributed by atoms with Gasteiger partial charge in [-0.15, -0.1) is 0 Å². The number of amides is 2. The topological polar surface area (TPSA) is 61.4 Å². The fourth-order valence-corrected chi connectivity index (χ4v) is 2.54. The minimum Gasteiger partial charge on any atom is -0.357 e. The Morgan fingerprint density at radius 2 is 2.15 bits per heavy atom. The van der Waals surface area contributed by atoms with E-state index in [-0.39, 0.29) is 11.8 Å². The van der Waals surface area contributed by atoms with Gasteiger partial charge >= 0.3 is 0 Å². The molecule has 1 aliphatic rings. The maximum atomic E-state index is 12.7. The van der Waals surface area contributed by atoms with Crippen LogP contribution in [0.25, 0.3) is 0 Å². The smallest absolute Gasteiger partial charge is 0.254 e. The first-order valence-corrected chi connectivity index (χ1v) is 7.00. The molecule has 108 valence electrons. The Morgan fingerprint density at radius 1 is 1.40 bits per heavy atom. The number of nitrogens with zero attached hydrogens (tertiary/aromatic N) is 1. The summed E-state index contributed by atoms with van der Waals surface area (Å²) in [6.45, 7) is 3.79. The van der Waals surface area contributed by atoms with Gasteiger partial charge in [0.05, 0.1) is 0 Å². The van der Waals surface area contributed by atoms with E-state index in [4.69, 9.17) is 0 Å². The second-order valence-corrected chi connectivity index (χ2v) is 4.84. The molecule has 0 saturated carbocycles. The lowest BCUT2D eigenvalue weighted by Crippen LogP contribution is -2.59. The van der Waals surface area contributed by atoms with Crippen molar-refractivity contribution in [2.45, 2.75) is 19.4 Å². The molecule has 1 fully saturated rings. The van der Waals surface area contributed by atoms with Gasteiger partial charge in [0.25, 0.3) is 5.91 Å². The highest BCUT2D eigenvalue weighted by Gasteiger charge is 2.32.